The molecule has 0 N–H and O–H groups in total. The Kier molecular flexibility index (Phi) is 4.80. The van der Waals surface area contributed by atoms with Crippen molar-refractivity contribution < 1.29 is 0 Å². The van der Waals surface area contributed by atoms with Crippen LogP contribution in [0.15, 0.2) is 23.0 Å². The molecule has 0 unspecified atom stereocenters. The lowest BCUT2D eigenvalue weighted by Gasteiger charge is -2.39. The zero-order valence-corrected chi connectivity index (χ0v) is 16.8. The van der Waals surface area contributed by atoms with Gasteiger partial charge in [0.25, 0.3) is 0 Å². The summed E-state index contributed by atoms with van der Waals surface area (Å²) in [6, 6.07) is 0. The Morgan fingerprint density at radius 1 is 0.700 bits per heavy atom. The maximum atomic E-state index is 6.92. The van der Waals surface area contributed by atoms with E-state index in [1.165, 1.54) is 16.2 Å². The Morgan fingerprint density at radius 2 is 1.15 bits per heavy atom. The van der Waals surface area contributed by atoms with Gasteiger partial charge in [-0.2, -0.15) is 0 Å². The summed E-state index contributed by atoms with van der Waals surface area (Å²) < 4.78 is 0. The minimum absolute atomic E-state index is 0.0153. The SMILES string of the molecule is CC(C)(C)C1=CC(C(C)(C)C)=P(Cl)(Cl)C(C(C)(C)C)=C1. The molecule has 0 aromatic rings. The molecule has 0 bridgehead atoms. The molecule has 1 aliphatic rings. The fourth-order valence-electron chi connectivity index (χ4n) is 2.34. The fourth-order valence-corrected chi connectivity index (χ4v) is 8.51. The summed E-state index contributed by atoms with van der Waals surface area (Å²) in [5.41, 5.74) is -0.870. The van der Waals surface area contributed by atoms with Gasteiger partial charge in [0.1, 0.15) is 0 Å². The monoisotopic (exact) mass is 334 g/mol. The molecule has 0 nitrogen and oxygen atoms in total. The van der Waals surface area contributed by atoms with Crippen LogP contribution in [0.25, 0.3) is 0 Å². The van der Waals surface area contributed by atoms with Gasteiger partial charge >= 0.3 is 0 Å². The van der Waals surface area contributed by atoms with E-state index in [4.69, 9.17) is 22.5 Å². The smallest absolute Gasteiger partial charge is 0.0755 e. The quantitative estimate of drug-likeness (QED) is 0.403. The van der Waals surface area contributed by atoms with Gasteiger partial charge in [-0.25, -0.2) is 0 Å². The summed E-state index contributed by atoms with van der Waals surface area (Å²) in [5.74, 6) is 0. The van der Waals surface area contributed by atoms with Gasteiger partial charge in [-0.3, -0.25) is 0 Å². The molecule has 0 aromatic carbocycles. The van der Waals surface area contributed by atoms with Crippen LogP contribution in [0.4, 0.5) is 0 Å². The molecule has 0 saturated carbocycles. The highest BCUT2D eigenvalue weighted by molar-refractivity contribution is 8.19. The van der Waals surface area contributed by atoms with Crippen molar-refractivity contribution in [2.24, 2.45) is 16.2 Å². The van der Waals surface area contributed by atoms with Gasteiger partial charge in [0.2, 0.25) is 0 Å². The summed E-state index contributed by atoms with van der Waals surface area (Å²) in [6.07, 6.45) is 4.51. The normalized spacial score (nSPS) is 20.6. The van der Waals surface area contributed by atoms with E-state index in [1.807, 2.05) is 0 Å². The maximum absolute atomic E-state index is 6.92. The number of halogens is 2. The van der Waals surface area contributed by atoms with Gasteiger partial charge < -0.3 is 0 Å². The van der Waals surface area contributed by atoms with E-state index in [1.54, 1.807) is 0 Å². The molecule has 0 radical (unpaired) electrons. The fraction of sp³-hybridized carbons (Fsp3) is 0.706. The molecule has 0 spiro atoms. The number of rotatable bonds is 0. The first-order valence-corrected chi connectivity index (χ1v) is 10.8. The first-order valence-electron chi connectivity index (χ1n) is 7.19. The van der Waals surface area contributed by atoms with E-state index in [-0.39, 0.29) is 16.2 Å². The molecule has 0 aliphatic carbocycles. The second-order valence-electron chi connectivity index (χ2n) is 8.78. The third-order valence-corrected chi connectivity index (χ3v) is 8.59. The van der Waals surface area contributed by atoms with Crippen molar-refractivity contribution in [2.75, 3.05) is 0 Å². The third-order valence-electron chi connectivity index (χ3n) is 3.59. The van der Waals surface area contributed by atoms with Crippen LogP contribution in [-0.2, 0) is 0 Å². The molecule has 20 heavy (non-hydrogen) atoms. The van der Waals surface area contributed by atoms with Gasteiger partial charge in [-0.1, -0.05) is 96.9 Å². The molecule has 1 aliphatic heterocycles. The van der Waals surface area contributed by atoms with Crippen LogP contribution in [0.2, 0.25) is 0 Å². The molecule has 1 rings (SSSR count). The van der Waals surface area contributed by atoms with E-state index < -0.39 is 5.59 Å². The largest absolute Gasteiger partial charge is 0.0892 e. The van der Waals surface area contributed by atoms with Gasteiger partial charge in [-0.05, 0) is 32.4 Å². The summed E-state index contributed by atoms with van der Waals surface area (Å²) in [6.45, 7) is 19.9. The van der Waals surface area contributed by atoms with E-state index in [0.717, 1.165) is 0 Å². The molecule has 0 aromatic heterocycles. The zero-order chi connectivity index (χ0) is 16.1. The summed E-state index contributed by atoms with van der Waals surface area (Å²) in [7, 11) is 0. The molecule has 116 valence electrons. The minimum Gasteiger partial charge on any atom is -0.0755 e. The first-order chi connectivity index (χ1) is 8.58. The van der Waals surface area contributed by atoms with E-state index in [9.17, 15) is 0 Å². The predicted molar refractivity (Wildman–Crippen MR) is 98.2 cm³/mol. The first kappa shape index (κ1) is 18.4. The van der Waals surface area contributed by atoms with Crippen molar-refractivity contribution in [1.82, 2.24) is 0 Å². The van der Waals surface area contributed by atoms with Gasteiger partial charge in [0, 0.05) is 0 Å². The second-order valence-corrected chi connectivity index (χ2v) is 14.3. The molecule has 0 saturated heterocycles. The van der Waals surface area contributed by atoms with Gasteiger partial charge in [-0.15, -0.1) is 0 Å². The van der Waals surface area contributed by atoms with Crippen LogP contribution in [0, 0.1) is 16.2 Å². The van der Waals surface area contributed by atoms with Crippen molar-refractivity contribution in [2.45, 2.75) is 62.3 Å². The third kappa shape index (κ3) is 3.76. The number of allylic oxidation sites excluding steroid dienone is 4. The van der Waals surface area contributed by atoms with Crippen molar-refractivity contribution in [3.8, 4) is 0 Å². The molecule has 1 heterocycles. The lowest BCUT2D eigenvalue weighted by atomic mass is 9.81. The summed E-state index contributed by atoms with van der Waals surface area (Å²) in [5, 5.41) is 2.40. The van der Waals surface area contributed by atoms with E-state index >= 15 is 0 Å². The second kappa shape index (κ2) is 5.22. The highest BCUT2D eigenvalue weighted by atomic mass is 35.9. The summed E-state index contributed by atoms with van der Waals surface area (Å²) in [4.78, 5) is 0. The average Bonchev–Trinajstić information content (AvgIpc) is 2.09. The van der Waals surface area contributed by atoms with Crippen LogP contribution >= 0.6 is 28.1 Å². The Morgan fingerprint density at radius 3 is 1.45 bits per heavy atom. The predicted octanol–water partition coefficient (Wildman–Crippen LogP) is 7.45. The molecule has 0 atom stereocenters. The van der Waals surface area contributed by atoms with Crippen LogP contribution in [-0.4, -0.2) is 5.29 Å². The molecule has 0 amide bonds. The van der Waals surface area contributed by atoms with Crippen molar-refractivity contribution >= 4 is 33.4 Å². The van der Waals surface area contributed by atoms with Crippen LogP contribution in [0.3, 0.4) is 0 Å². The Bertz CT molecular complexity index is 506. The lowest BCUT2D eigenvalue weighted by Crippen LogP contribution is -2.25. The number of hydrogen-bond donors (Lipinski definition) is 0. The maximum Gasteiger partial charge on any atom is 0.0892 e. The Hall–Kier alpha value is 0.360. The molecular formula is C17H29Cl2P. The standard InChI is InChI=1S/C17H29Cl2P/c1-15(2,3)12-10-13(16(4,5)6)20(18,19)14(11-12)17(7,8)9/h10-11H,1-9H3. The van der Waals surface area contributed by atoms with Crippen LogP contribution in [0.5, 0.6) is 0 Å². The molecular weight excluding hydrogens is 306 g/mol. The summed E-state index contributed by atoms with van der Waals surface area (Å²) >= 11 is 13.8. The number of hydrogen-bond acceptors (Lipinski definition) is 0. The minimum atomic E-state index is -2.26. The van der Waals surface area contributed by atoms with Crippen molar-refractivity contribution in [1.29, 1.82) is 0 Å². The molecule has 0 fully saturated rings. The van der Waals surface area contributed by atoms with Gasteiger partial charge in [0.05, 0.1) is 5.59 Å². The zero-order valence-electron chi connectivity index (χ0n) is 14.4. The topological polar surface area (TPSA) is 0 Å². The highest BCUT2D eigenvalue weighted by Crippen LogP contribution is 2.73. The van der Waals surface area contributed by atoms with E-state index in [2.05, 4.69) is 74.5 Å². The lowest BCUT2D eigenvalue weighted by molar-refractivity contribution is 0.503. The van der Waals surface area contributed by atoms with Crippen molar-refractivity contribution in [3.63, 3.8) is 0 Å². The Labute approximate surface area is 135 Å². The molecule has 3 heteroatoms. The van der Waals surface area contributed by atoms with Crippen LogP contribution < -0.4 is 0 Å². The van der Waals surface area contributed by atoms with Crippen molar-refractivity contribution in [3.05, 3.63) is 23.0 Å². The van der Waals surface area contributed by atoms with Gasteiger partial charge in [0.15, 0.2) is 0 Å². The van der Waals surface area contributed by atoms with Crippen LogP contribution in [0.1, 0.15) is 62.3 Å². The van der Waals surface area contributed by atoms with E-state index in [0.29, 0.717) is 0 Å². The highest BCUT2D eigenvalue weighted by Gasteiger charge is 2.38. The Balaban J connectivity index is 3.74. The average molecular weight is 335 g/mol.